The Kier molecular flexibility index (Phi) is 3.27. The maximum absolute atomic E-state index is 12.2. The van der Waals surface area contributed by atoms with Crippen LogP contribution in [-0.2, 0) is 0 Å². The Morgan fingerprint density at radius 3 is 2.25 bits per heavy atom. The van der Waals surface area contributed by atoms with E-state index in [-0.39, 0.29) is 0 Å². The third kappa shape index (κ3) is 2.22. The van der Waals surface area contributed by atoms with Gasteiger partial charge in [-0.3, -0.25) is 0 Å². The van der Waals surface area contributed by atoms with Crippen molar-refractivity contribution in [2.45, 2.75) is 0 Å². The maximum Gasteiger partial charge on any atom is 0.347 e. The van der Waals surface area contributed by atoms with E-state index in [2.05, 4.69) is 0 Å². The van der Waals surface area contributed by atoms with E-state index in [4.69, 9.17) is 18.3 Å². The van der Waals surface area contributed by atoms with Crippen LogP contribution in [0.1, 0.15) is 0 Å². The van der Waals surface area contributed by atoms with Crippen LogP contribution in [0.4, 0.5) is 0 Å². The Bertz CT molecular complexity index is 1080. The fraction of sp³-hybridized carbons (Fsp3) is 0.105. The molecule has 0 spiro atoms. The first-order valence-electron chi connectivity index (χ1n) is 7.38. The summed E-state index contributed by atoms with van der Waals surface area (Å²) >= 11 is 0. The van der Waals surface area contributed by atoms with Crippen LogP contribution in [-0.4, -0.2) is 14.2 Å². The zero-order valence-electron chi connectivity index (χ0n) is 13.2. The van der Waals surface area contributed by atoms with Gasteiger partial charge in [0.25, 0.3) is 0 Å². The van der Waals surface area contributed by atoms with E-state index in [9.17, 15) is 4.79 Å². The van der Waals surface area contributed by atoms with Crippen molar-refractivity contribution in [3.8, 4) is 22.8 Å². The summed E-state index contributed by atoms with van der Waals surface area (Å²) in [6.07, 6.45) is 0. The van der Waals surface area contributed by atoms with E-state index in [1.807, 2.05) is 30.3 Å². The molecule has 4 aromatic rings. The maximum atomic E-state index is 12.2. The van der Waals surface area contributed by atoms with Gasteiger partial charge in [-0.2, -0.15) is 0 Å². The minimum Gasteiger partial charge on any atom is -0.497 e. The molecule has 2 aromatic heterocycles. The number of methoxy groups -OCH3 is 2. The van der Waals surface area contributed by atoms with Gasteiger partial charge in [0.2, 0.25) is 0 Å². The SMILES string of the molecule is COc1cc(OC)cc(-c2cc3c(=O)oc4ccccc4c3o2)c1. The molecule has 0 saturated carbocycles. The number of furan rings is 1. The lowest BCUT2D eigenvalue weighted by Crippen LogP contribution is -1.97. The number of rotatable bonds is 3. The number of hydrogen-bond acceptors (Lipinski definition) is 5. The van der Waals surface area contributed by atoms with Gasteiger partial charge >= 0.3 is 5.63 Å². The minimum atomic E-state index is -0.423. The average molecular weight is 322 g/mol. The van der Waals surface area contributed by atoms with Crippen molar-refractivity contribution in [1.29, 1.82) is 0 Å². The lowest BCUT2D eigenvalue weighted by molar-refractivity contribution is 0.394. The molecule has 24 heavy (non-hydrogen) atoms. The Morgan fingerprint density at radius 1 is 0.833 bits per heavy atom. The summed E-state index contributed by atoms with van der Waals surface area (Å²) in [6.45, 7) is 0. The number of ether oxygens (including phenoxy) is 2. The number of fused-ring (bicyclic) bond motifs is 3. The Labute approximate surface area is 137 Å². The van der Waals surface area contributed by atoms with Crippen LogP contribution >= 0.6 is 0 Å². The van der Waals surface area contributed by atoms with Crippen molar-refractivity contribution in [3.05, 3.63) is 59.0 Å². The molecular formula is C19H14O5. The minimum absolute atomic E-state index is 0.408. The standard InChI is InChI=1S/C19H14O5/c1-21-12-7-11(8-13(9-12)22-2)17-10-15-18(23-17)14-5-3-4-6-16(14)24-19(15)20/h3-10H,1-2H3. The van der Waals surface area contributed by atoms with Crippen LogP contribution in [0.5, 0.6) is 11.5 Å². The molecule has 0 unspecified atom stereocenters. The molecule has 0 atom stereocenters. The van der Waals surface area contributed by atoms with Gasteiger partial charge in [-0.15, -0.1) is 0 Å². The summed E-state index contributed by atoms with van der Waals surface area (Å²) in [5.74, 6) is 1.83. The van der Waals surface area contributed by atoms with Crippen molar-refractivity contribution in [3.63, 3.8) is 0 Å². The monoisotopic (exact) mass is 322 g/mol. The highest BCUT2D eigenvalue weighted by atomic mass is 16.5. The Morgan fingerprint density at radius 2 is 1.54 bits per heavy atom. The topological polar surface area (TPSA) is 61.8 Å². The normalized spacial score (nSPS) is 11.1. The molecule has 2 heterocycles. The predicted octanol–water partition coefficient (Wildman–Crippen LogP) is 4.22. The van der Waals surface area contributed by atoms with Crippen LogP contribution in [0.3, 0.4) is 0 Å². The van der Waals surface area contributed by atoms with Crippen molar-refractivity contribution in [2.24, 2.45) is 0 Å². The van der Waals surface area contributed by atoms with Crippen LogP contribution in [0.15, 0.2) is 62.2 Å². The first-order valence-corrected chi connectivity index (χ1v) is 7.38. The first kappa shape index (κ1) is 14.4. The average Bonchev–Trinajstić information content (AvgIpc) is 3.08. The zero-order chi connectivity index (χ0) is 16.7. The highest BCUT2D eigenvalue weighted by Crippen LogP contribution is 2.34. The van der Waals surface area contributed by atoms with E-state index in [0.29, 0.717) is 33.8 Å². The van der Waals surface area contributed by atoms with E-state index < -0.39 is 5.63 Å². The highest BCUT2D eigenvalue weighted by Gasteiger charge is 2.15. The molecule has 0 saturated heterocycles. The lowest BCUT2D eigenvalue weighted by Gasteiger charge is -2.06. The van der Waals surface area contributed by atoms with Crippen molar-refractivity contribution < 1.29 is 18.3 Å². The summed E-state index contributed by atoms with van der Waals surface area (Å²) < 4.78 is 21.9. The number of benzene rings is 2. The van der Waals surface area contributed by atoms with E-state index in [1.165, 1.54) is 0 Å². The van der Waals surface area contributed by atoms with Crippen LogP contribution in [0.25, 0.3) is 33.3 Å². The summed E-state index contributed by atoms with van der Waals surface area (Å²) in [6, 6.07) is 14.4. The summed E-state index contributed by atoms with van der Waals surface area (Å²) in [5.41, 5.74) is 1.34. The van der Waals surface area contributed by atoms with Gasteiger partial charge in [-0.1, -0.05) is 12.1 Å². The third-order valence-corrected chi connectivity index (χ3v) is 3.92. The molecule has 0 N–H and O–H groups in total. The Hall–Kier alpha value is -3.21. The first-order chi connectivity index (χ1) is 11.7. The smallest absolute Gasteiger partial charge is 0.347 e. The van der Waals surface area contributed by atoms with Gasteiger partial charge < -0.3 is 18.3 Å². The van der Waals surface area contributed by atoms with Gasteiger partial charge in [0.1, 0.15) is 28.2 Å². The fourth-order valence-corrected chi connectivity index (χ4v) is 2.73. The van der Waals surface area contributed by atoms with Crippen molar-refractivity contribution in [2.75, 3.05) is 14.2 Å². The molecule has 0 aliphatic rings. The van der Waals surface area contributed by atoms with Gasteiger partial charge in [0.15, 0.2) is 5.58 Å². The number of hydrogen-bond donors (Lipinski definition) is 0. The van der Waals surface area contributed by atoms with Gasteiger partial charge in [0.05, 0.1) is 19.6 Å². The molecule has 0 radical (unpaired) electrons. The molecule has 4 rings (SSSR count). The number of para-hydroxylation sites is 1. The van der Waals surface area contributed by atoms with E-state index >= 15 is 0 Å². The fourth-order valence-electron chi connectivity index (χ4n) is 2.73. The molecule has 5 heteroatoms. The quantitative estimate of drug-likeness (QED) is 0.528. The lowest BCUT2D eigenvalue weighted by atomic mass is 10.1. The molecule has 0 aliphatic heterocycles. The second-order valence-electron chi connectivity index (χ2n) is 5.34. The summed E-state index contributed by atoms with van der Waals surface area (Å²) in [5, 5.41) is 1.17. The molecule has 0 amide bonds. The van der Waals surface area contributed by atoms with E-state index in [1.54, 1.807) is 32.4 Å². The molecule has 120 valence electrons. The van der Waals surface area contributed by atoms with Crippen LogP contribution in [0, 0.1) is 0 Å². The Balaban J connectivity index is 2.00. The van der Waals surface area contributed by atoms with Gasteiger partial charge in [0, 0.05) is 11.6 Å². The van der Waals surface area contributed by atoms with E-state index in [0.717, 1.165) is 10.9 Å². The summed E-state index contributed by atoms with van der Waals surface area (Å²) in [4.78, 5) is 12.2. The van der Waals surface area contributed by atoms with Crippen LogP contribution in [0.2, 0.25) is 0 Å². The molecule has 0 aliphatic carbocycles. The van der Waals surface area contributed by atoms with Gasteiger partial charge in [-0.25, -0.2) is 4.79 Å². The molecule has 5 nitrogen and oxygen atoms in total. The molecule has 0 bridgehead atoms. The third-order valence-electron chi connectivity index (χ3n) is 3.92. The molecular weight excluding hydrogens is 308 g/mol. The zero-order valence-corrected chi connectivity index (χ0v) is 13.2. The van der Waals surface area contributed by atoms with Crippen molar-refractivity contribution >= 4 is 21.9 Å². The van der Waals surface area contributed by atoms with Crippen molar-refractivity contribution in [1.82, 2.24) is 0 Å². The highest BCUT2D eigenvalue weighted by molar-refractivity contribution is 6.02. The predicted molar refractivity (Wildman–Crippen MR) is 90.8 cm³/mol. The second kappa shape index (κ2) is 5.45. The molecule has 2 aromatic carbocycles. The summed E-state index contributed by atoms with van der Waals surface area (Å²) in [7, 11) is 3.17. The van der Waals surface area contributed by atoms with Crippen LogP contribution < -0.4 is 15.1 Å². The van der Waals surface area contributed by atoms with Gasteiger partial charge in [-0.05, 0) is 30.3 Å². The molecule has 0 fully saturated rings. The largest absolute Gasteiger partial charge is 0.497 e. The second-order valence-corrected chi connectivity index (χ2v) is 5.34.